The normalized spacial score (nSPS) is 11.0. The second kappa shape index (κ2) is 10.5. The number of rotatable bonds is 10. The molecule has 35 heavy (non-hydrogen) atoms. The Morgan fingerprint density at radius 3 is 2.37 bits per heavy atom. The van der Waals surface area contributed by atoms with Crippen LogP contribution in [0.1, 0.15) is 27.2 Å². The Kier molecular flexibility index (Phi) is 7.22. The lowest BCUT2D eigenvalue weighted by Gasteiger charge is -2.12. The largest absolute Gasteiger partial charge is 0.497 e. The van der Waals surface area contributed by atoms with Gasteiger partial charge in [0.25, 0.3) is 0 Å². The molecule has 0 spiro atoms. The van der Waals surface area contributed by atoms with Gasteiger partial charge < -0.3 is 29.2 Å². The Morgan fingerprint density at radius 1 is 0.943 bits per heavy atom. The molecule has 1 heterocycles. The molecular formula is C27H27FN2O5. The molecular weight excluding hydrogens is 451 g/mol. The maximum Gasteiger partial charge on any atom is 0.352 e. The SMILES string of the molecule is COc1ccc(CNCc2c(C(=O)O)n(Cc3cccc(F)c3)c3cc(OC)ccc23)c(OC)c1. The molecule has 0 bridgehead atoms. The van der Waals surface area contributed by atoms with Gasteiger partial charge in [-0.2, -0.15) is 0 Å². The lowest BCUT2D eigenvalue weighted by Crippen LogP contribution is -2.17. The van der Waals surface area contributed by atoms with Crippen molar-refractivity contribution in [3.63, 3.8) is 0 Å². The van der Waals surface area contributed by atoms with Crippen LogP contribution >= 0.6 is 0 Å². The topological polar surface area (TPSA) is 82.0 Å². The Bertz CT molecular complexity index is 1370. The van der Waals surface area contributed by atoms with Gasteiger partial charge in [-0.05, 0) is 35.9 Å². The summed E-state index contributed by atoms with van der Waals surface area (Å²) in [6, 6.07) is 17.2. The van der Waals surface area contributed by atoms with Crippen LogP contribution in [0.15, 0.2) is 60.7 Å². The first-order valence-electron chi connectivity index (χ1n) is 11.0. The average molecular weight is 479 g/mol. The van der Waals surface area contributed by atoms with E-state index in [2.05, 4.69) is 5.32 Å². The van der Waals surface area contributed by atoms with Gasteiger partial charge >= 0.3 is 5.97 Å². The quantitative estimate of drug-likeness (QED) is 0.339. The van der Waals surface area contributed by atoms with Gasteiger partial charge in [0.15, 0.2) is 0 Å². The number of carboxylic acids is 1. The number of carboxylic acid groups (broad SMARTS) is 1. The van der Waals surface area contributed by atoms with Crippen LogP contribution in [0.3, 0.4) is 0 Å². The van der Waals surface area contributed by atoms with E-state index in [1.54, 1.807) is 56.2 Å². The number of halogens is 1. The molecule has 2 N–H and O–H groups in total. The van der Waals surface area contributed by atoms with Crippen molar-refractivity contribution in [1.82, 2.24) is 9.88 Å². The molecule has 0 saturated carbocycles. The fourth-order valence-electron chi connectivity index (χ4n) is 4.25. The van der Waals surface area contributed by atoms with Crippen LogP contribution in [0.25, 0.3) is 10.9 Å². The predicted octanol–water partition coefficient (Wildman–Crippen LogP) is 4.84. The molecule has 1 aromatic heterocycles. The maximum absolute atomic E-state index is 13.8. The van der Waals surface area contributed by atoms with E-state index in [9.17, 15) is 14.3 Å². The van der Waals surface area contributed by atoms with E-state index < -0.39 is 5.97 Å². The second-order valence-electron chi connectivity index (χ2n) is 8.01. The van der Waals surface area contributed by atoms with Gasteiger partial charge in [0.05, 0.1) is 26.8 Å². The third kappa shape index (κ3) is 5.07. The summed E-state index contributed by atoms with van der Waals surface area (Å²) in [4.78, 5) is 12.4. The van der Waals surface area contributed by atoms with Crippen molar-refractivity contribution in [3.8, 4) is 17.2 Å². The number of fused-ring (bicyclic) bond motifs is 1. The maximum atomic E-state index is 13.8. The summed E-state index contributed by atoms with van der Waals surface area (Å²) in [7, 11) is 4.74. The molecule has 0 unspecified atom stereocenters. The van der Waals surface area contributed by atoms with Crippen LogP contribution in [-0.2, 0) is 19.6 Å². The molecule has 4 aromatic rings. The highest BCUT2D eigenvalue weighted by atomic mass is 19.1. The van der Waals surface area contributed by atoms with E-state index in [1.807, 2.05) is 18.2 Å². The molecule has 0 amide bonds. The number of nitrogens with one attached hydrogen (secondary N) is 1. The van der Waals surface area contributed by atoms with Gasteiger partial charge in [-0.15, -0.1) is 0 Å². The third-order valence-electron chi connectivity index (χ3n) is 5.92. The third-order valence-corrected chi connectivity index (χ3v) is 5.92. The van der Waals surface area contributed by atoms with Gasteiger partial charge in [-0.25, -0.2) is 9.18 Å². The molecule has 0 aliphatic rings. The van der Waals surface area contributed by atoms with Gasteiger partial charge in [0.1, 0.15) is 28.8 Å². The van der Waals surface area contributed by atoms with Gasteiger partial charge in [-0.3, -0.25) is 0 Å². The summed E-state index contributed by atoms with van der Waals surface area (Å²) in [5, 5.41) is 14.3. The van der Waals surface area contributed by atoms with E-state index in [0.717, 1.165) is 10.9 Å². The number of nitrogens with zero attached hydrogens (tertiary/aromatic N) is 1. The van der Waals surface area contributed by atoms with Crippen molar-refractivity contribution in [3.05, 3.63) is 88.9 Å². The van der Waals surface area contributed by atoms with E-state index in [0.29, 0.717) is 47.0 Å². The second-order valence-corrected chi connectivity index (χ2v) is 8.01. The number of benzene rings is 3. The van der Waals surface area contributed by atoms with Crippen LogP contribution in [0.5, 0.6) is 17.2 Å². The lowest BCUT2D eigenvalue weighted by molar-refractivity contribution is 0.0684. The van der Waals surface area contributed by atoms with Crippen LogP contribution in [0.4, 0.5) is 4.39 Å². The summed E-state index contributed by atoms with van der Waals surface area (Å²) >= 11 is 0. The standard InChI is InChI=1S/C27H27FN2O5/c1-33-20-9-10-22-23(15-29-14-18-7-8-21(34-2)13-25(18)35-3)26(27(31)32)30(24(22)12-20)16-17-5-4-6-19(28)11-17/h4-13,29H,14-16H2,1-3H3,(H,31,32). The average Bonchev–Trinajstić information content (AvgIpc) is 3.16. The molecule has 0 aliphatic carbocycles. The lowest BCUT2D eigenvalue weighted by atomic mass is 10.1. The van der Waals surface area contributed by atoms with Crippen LogP contribution in [0.2, 0.25) is 0 Å². The molecule has 8 heteroatoms. The number of hydrogen-bond donors (Lipinski definition) is 2. The number of hydrogen-bond acceptors (Lipinski definition) is 5. The van der Waals surface area contributed by atoms with Crippen molar-refractivity contribution in [2.24, 2.45) is 0 Å². The number of methoxy groups -OCH3 is 3. The molecule has 3 aromatic carbocycles. The summed E-state index contributed by atoms with van der Waals surface area (Å²) in [5.41, 5.74) is 3.06. The molecule has 0 atom stereocenters. The number of carbonyl (C=O) groups is 1. The Labute approximate surface area is 202 Å². The van der Waals surface area contributed by atoms with Crippen molar-refractivity contribution < 1.29 is 28.5 Å². The van der Waals surface area contributed by atoms with Gasteiger partial charge in [-0.1, -0.05) is 18.2 Å². The number of aromatic carboxylic acids is 1. The molecule has 4 rings (SSSR count). The summed E-state index contributed by atoms with van der Waals surface area (Å²) in [5.74, 6) is 0.538. The minimum absolute atomic E-state index is 0.145. The number of ether oxygens (including phenoxy) is 3. The first-order valence-corrected chi connectivity index (χ1v) is 11.0. The zero-order chi connectivity index (χ0) is 24.9. The van der Waals surface area contributed by atoms with Crippen LogP contribution in [0, 0.1) is 5.82 Å². The van der Waals surface area contributed by atoms with Crippen molar-refractivity contribution >= 4 is 16.9 Å². The van der Waals surface area contributed by atoms with Crippen molar-refractivity contribution in [2.45, 2.75) is 19.6 Å². The zero-order valence-corrected chi connectivity index (χ0v) is 19.8. The van der Waals surface area contributed by atoms with Crippen molar-refractivity contribution in [2.75, 3.05) is 21.3 Å². The van der Waals surface area contributed by atoms with E-state index in [4.69, 9.17) is 14.2 Å². The molecule has 0 radical (unpaired) electrons. The summed E-state index contributed by atoms with van der Waals surface area (Å²) < 4.78 is 31.6. The van der Waals surface area contributed by atoms with Gasteiger partial charge in [0.2, 0.25) is 0 Å². The van der Waals surface area contributed by atoms with E-state index >= 15 is 0 Å². The fourth-order valence-corrected chi connectivity index (χ4v) is 4.25. The van der Waals surface area contributed by atoms with E-state index in [-0.39, 0.29) is 18.1 Å². The highest BCUT2D eigenvalue weighted by molar-refractivity contribution is 5.98. The fraction of sp³-hybridized carbons (Fsp3) is 0.222. The smallest absolute Gasteiger partial charge is 0.352 e. The summed E-state index contributed by atoms with van der Waals surface area (Å²) in [6.45, 7) is 0.962. The first kappa shape index (κ1) is 24.1. The Balaban J connectivity index is 1.72. The highest BCUT2D eigenvalue weighted by Gasteiger charge is 2.23. The molecule has 182 valence electrons. The van der Waals surface area contributed by atoms with Crippen molar-refractivity contribution in [1.29, 1.82) is 0 Å². The minimum atomic E-state index is -1.06. The molecule has 7 nitrogen and oxygen atoms in total. The highest BCUT2D eigenvalue weighted by Crippen LogP contribution is 2.31. The van der Waals surface area contributed by atoms with Crippen LogP contribution in [-0.4, -0.2) is 37.0 Å². The van der Waals surface area contributed by atoms with Gasteiger partial charge in [0, 0.05) is 48.3 Å². The monoisotopic (exact) mass is 478 g/mol. The molecule has 0 fully saturated rings. The first-order chi connectivity index (χ1) is 16.9. The number of aromatic nitrogens is 1. The van der Waals surface area contributed by atoms with Crippen LogP contribution < -0.4 is 19.5 Å². The Morgan fingerprint density at radius 2 is 1.69 bits per heavy atom. The predicted molar refractivity (Wildman–Crippen MR) is 131 cm³/mol. The Hall–Kier alpha value is -4.04. The minimum Gasteiger partial charge on any atom is -0.497 e. The molecule has 0 aliphatic heterocycles. The molecule has 0 saturated heterocycles. The zero-order valence-electron chi connectivity index (χ0n) is 19.8. The van der Waals surface area contributed by atoms with E-state index in [1.165, 1.54) is 12.1 Å². The summed E-state index contributed by atoms with van der Waals surface area (Å²) in [6.07, 6.45) is 0.